The fraction of sp³-hybridized carbons (Fsp3) is 0.522. The third kappa shape index (κ3) is 4.30. The van der Waals surface area contributed by atoms with Crippen molar-refractivity contribution in [3.05, 3.63) is 48.0 Å². The summed E-state index contributed by atoms with van der Waals surface area (Å²) in [5.74, 6) is -0.0486. The maximum absolute atomic E-state index is 13.1. The van der Waals surface area contributed by atoms with Crippen molar-refractivity contribution < 1.29 is 9.53 Å². The number of nitrogens with zero attached hydrogens (tertiary/aromatic N) is 1. The van der Waals surface area contributed by atoms with E-state index in [1.165, 1.54) is 10.8 Å². The number of hydrogen-bond donors (Lipinski definition) is 0. The van der Waals surface area contributed by atoms with E-state index in [-0.39, 0.29) is 18.4 Å². The van der Waals surface area contributed by atoms with Crippen LogP contribution in [-0.2, 0) is 14.9 Å². The maximum Gasteiger partial charge on any atom is 0.316 e. The summed E-state index contributed by atoms with van der Waals surface area (Å²) < 4.78 is 5.80. The van der Waals surface area contributed by atoms with E-state index in [0.29, 0.717) is 18.7 Å². The first-order chi connectivity index (χ1) is 12.5. The molecule has 3 nitrogen and oxygen atoms in total. The van der Waals surface area contributed by atoms with Gasteiger partial charge in [0, 0.05) is 18.6 Å². The van der Waals surface area contributed by atoms with E-state index in [2.05, 4.69) is 62.9 Å². The van der Waals surface area contributed by atoms with E-state index in [1.54, 1.807) is 0 Å². The molecule has 1 aliphatic carbocycles. The SMILES string of the molecule is CC(C)N(CCOC(=O)C1(c2cccc3ccccc23)CCC1)C(C)C.Cl. The van der Waals surface area contributed by atoms with Gasteiger partial charge in [0.05, 0.1) is 5.41 Å². The van der Waals surface area contributed by atoms with Crippen LogP contribution in [0.25, 0.3) is 10.8 Å². The van der Waals surface area contributed by atoms with Crippen molar-refractivity contribution in [3.8, 4) is 0 Å². The zero-order valence-corrected chi connectivity index (χ0v) is 17.7. The predicted molar refractivity (Wildman–Crippen MR) is 115 cm³/mol. The van der Waals surface area contributed by atoms with Gasteiger partial charge in [0.2, 0.25) is 0 Å². The zero-order chi connectivity index (χ0) is 18.7. The highest BCUT2D eigenvalue weighted by Gasteiger charge is 2.47. The Morgan fingerprint density at radius 3 is 2.26 bits per heavy atom. The number of hydrogen-bond acceptors (Lipinski definition) is 3. The smallest absolute Gasteiger partial charge is 0.316 e. The summed E-state index contributed by atoms with van der Waals surface area (Å²) in [6.45, 7) is 9.99. The lowest BCUT2D eigenvalue weighted by molar-refractivity contribution is -0.155. The minimum atomic E-state index is -0.457. The topological polar surface area (TPSA) is 29.5 Å². The quantitative estimate of drug-likeness (QED) is 0.598. The Kier molecular flexibility index (Phi) is 7.30. The Hall–Kier alpha value is -1.58. The maximum atomic E-state index is 13.1. The van der Waals surface area contributed by atoms with Gasteiger partial charge in [-0.15, -0.1) is 12.4 Å². The highest BCUT2D eigenvalue weighted by Crippen LogP contribution is 2.47. The summed E-state index contributed by atoms with van der Waals surface area (Å²) in [7, 11) is 0. The average molecular weight is 390 g/mol. The molecule has 0 aliphatic heterocycles. The zero-order valence-electron chi connectivity index (χ0n) is 16.9. The molecule has 4 heteroatoms. The van der Waals surface area contributed by atoms with E-state index >= 15 is 0 Å². The molecule has 3 rings (SSSR count). The molecule has 0 spiro atoms. The van der Waals surface area contributed by atoms with Gasteiger partial charge in [-0.2, -0.15) is 0 Å². The molecule has 1 saturated carbocycles. The monoisotopic (exact) mass is 389 g/mol. The first kappa shape index (κ1) is 21.7. The van der Waals surface area contributed by atoms with Crippen LogP contribution in [0.15, 0.2) is 42.5 Å². The van der Waals surface area contributed by atoms with Crippen LogP contribution in [0.5, 0.6) is 0 Å². The minimum Gasteiger partial charge on any atom is -0.464 e. The number of carbonyl (C=O) groups is 1. The summed E-state index contributed by atoms with van der Waals surface area (Å²) >= 11 is 0. The number of esters is 1. The molecule has 0 aromatic heterocycles. The lowest BCUT2D eigenvalue weighted by Crippen LogP contribution is -2.45. The van der Waals surface area contributed by atoms with Gasteiger partial charge in [0.15, 0.2) is 0 Å². The van der Waals surface area contributed by atoms with E-state index in [4.69, 9.17) is 4.74 Å². The molecule has 27 heavy (non-hydrogen) atoms. The van der Waals surface area contributed by atoms with E-state index < -0.39 is 5.41 Å². The molecule has 0 heterocycles. The largest absolute Gasteiger partial charge is 0.464 e. The lowest BCUT2D eigenvalue weighted by atomic mass is 9.63. The normalized spacial score (nSPS) is 15.7. The summed E-state index contributed by atoms with van der Waals surface area (Å²) in [6.07, 6.45) is 2.86. The van der Waals surface area contributed by atoms with Crippen molar-refractivity contribution in [3.63, 3.8) is 0 Å². The fourth-order valence-electron chi connectivity index (χ4n) is 4.25. The molecule has 0 amide bonds. The number of rotatable bonds is 7. The molecule has 0 saturated heterocycles. The Bertz CT molecular complexity index is 755. The average Bonchev–Trinajstić information content (AvgIpc) is 2.57. The molecule has 1 fully saturated rings. The highest BCUT2D eigenvalue weighted by atomic mass is 35.5. The third-order valence-corrected chi connectivity index (χ3v) is 5.81. The van der Waals surface area contributed by atoms with Crippen LogP contribution in [0.4, 0.5) is 0 Å². The van der Waals surface area contributed by atoms with E-state index in [9.17, 15) is 4.79 Å². The molecule has 2 aromatic carbocycles. The Labute approximate surface area is 169 Å². The van der Waals surface area contributed by atoms with E-state index in [1.807, 2.05) is 12.1 Å². The lowest BCUT2D eigenvalue weighted by Gasteiger charge is -2.40. The Balaban J connectivity index is 0.00000261. The number of halogens is 1. The van der Waals surface area contributed by atoms with Gasteiger partial charge < -0.3 is 4.74 Å². The molecule has 0 atom stereocenters. The molecule has 0 radical (unpaired) electrons. The van der Waals surface area contributed by atoms with Gasteiger partial charge >= 0.3 is 5.97 Å². The standard InChI is InChI=1S/C23H31NO2.ClH/c1-17(2)24(18(3)4)15-16-26-22(25)23(13-8-14-23)21-12-7-10-19-9-5-6-11-20(19)21;/h5-7,9-12,17-18H,8,13-16H2,1-4H3;1H. The second kappa shape index (κ2) is 9.07. The second-order valence-electron chi connectivity index (χ2n) is 8.02. The first-order valence-electron chi connectivity index (χ1n) is 9.87. The Morgan fingerprint density at radius 1 is 1.04 bits per heavy atom. The summed E-state index contributed by atoms with van der Waals surface area (Å²) in [5.41, 5.74) is 0.679. The van der Waals surface area contributed by atoms with E-state index in [0.717, 1.165) is 31.4 Å². The summed E-state index contributed by atoms with van der Waals surface area (Å²) in [6, 6.07) is 15.5. The molecule has 0 bridgehead atoms. The van der Waals surface area contributed by atoms with Gasteiger partial charge in [0.25, 0.3) is 0 Å². The predicted octanol–water partition coefficient (Wildman–Crippen LogP) is 5.35. The molecule has 2 aromatic rings. The summed E-state index contributed by atoms with van der Waals surface area (Å²) in [4.78, 5) is 15.4. The fourth-order valence-corrected chi connectivity index (χ4v) is 4.25. The molecule has 0 N–H and O–H groups in total. The van der Waals surface area contributed by atoms with Gasteiger partial charge in [-0.05, 0) is 56.9 Å². The van der Waals surface area contributed by atoms with Crippen molar-refractivity contribution in [1.82, 2.24) is 4.90 Å². The molecule has 1 aliphatic rings. The number of fused-ring (bicyclic) bond motifs is 1. The van der Waals surface area contributed by atoms with Gasteiger partial charge in [-0.1, -0.05) is 48.9 Å². The molecular weight excluding hydrogens is 358 g/mol. The number of benzene rings is 2. The van der Waals surface area contributed by atoms with Crippen LogP contribution in [-0.4, -0.2) is 36.1 Å². The minimum absolute atomic E-state index is 0. The van der Waals surface area contributed by atoms with Gasteiger partial charge in [-0.25, -0.2) is 0 Å². The van der Waals surface area contributed by atoms with Crippen LogP contribution >= 0.6 is 12.4 Å². The highest BCUT2D eigenvalue weighted by molar-refractivity contribution is 5.94. The molecular formula is C23H32ClNO2. The third-order valence-electron chi connectivity index (χ3n) is 5.81. The first-order valence-corrected chi connectivity index (χ1v) is 9.87. The van der Waals surface area contributed by atoms with Crippen LogP contribution in [0.1, 0.15) is 52.5 Å². The van der Waals surface area contributed by atoms with Crippen LogP contribution in [0.2, 0.25) is 0 Å². The summed E-state index contributed by atoms with van der Waals surface area (Å²) in [5, 5.41) is 2.37. The second-order valence-corrected chi connectivity index (χ2v) is 8.02. The molecule has 148 valence electrons. The van der Waals surface area contributed by atoms with Crippen molar-refractivity contribution in [2.24, 2.45) is 0 Å². The van der Waals surface area contributed by atoms with Gasteiger partial charge in [0.1, 0.15) is 6.61 Å². The Morgan fingerprint density at radius 2 is 1.67 bits per heavy atom. The number of carbonyl (C=O) groups excluding carboxylic acids is 1. The van der Waals surface area contributed by atoms with Crippen molar-refractivity contribution in [1.29, 1.82) is 0 Å². The molecule has 0 unspecified atom stereocenters. The van der Waals surface area contributed by atoms with Crippen LogP contribution < -0.4 is 0 Å². The van der Waals surface area contributed by atoms with Crippen molar-refractivity contribution in [2.75, 3.05) is 13.2 Å². The van der Waals surface area contributed by atoms with Crippen molar-refractivity contribution in [2.45, 2.75) is 64.5 Å². The van der Waals surface area contributed by atoms with Gasteiger partial charge in [-0.3, -0.25) is 9.69 Å². The van der Waals surface area contributed by atoms with Crippen LogP contribution in [0.3, 0.4) is 0 Å². The van der Waals surface area contributed by atoms with Crippen molar-refractivity contribution >= 4 is 29.1 Å². The van der Waals surface area contributed by atoms with Crippen LogP contribution in [0, 0.1) is 0 Å². The number of ether oxygens (including phenoxy) is 1.